The van der Waals surface area contributed by atoms with Crippen molar-refractivity contribution in [3.8, 4) is 16.3 Å². The Bertz CT molecular complexity index is 1260. The van der Waals surface area contributed by atoms with Crippen molar-refractivity contribution in [3.05, 3.63) is 88.9 Å². The van der Waals surface area contributed by atoms with Crippen molar-refractivity contribution in [1.29, 1.82) is 0 Å². The highest BCUT2D eigenvalue weighted by atomic mass is 32.1. The van der Waals surface area contributed by atoms with Crippen molar-refractivity contribution >= 4 is 17.2 Å². The van der Waals surface area contributed by atoms with Crippen LogP contribution in [0.5, 0.6) is 0 Å². The van der Waals surface area contributed by atoms with Gasteiger partial charge in [-0.2, -0.15) is 5.10 Å². The van der Waals surface area contributed by atoms with Gasteiger partial charge in [-0.3, -0.25) is 9.69 Å². The lowest BCUT2D eigenvalue weighted by Gasteiger charge is -2.34. The fraction of sp³-hybridized carbons (Fsp3) is 0.240. The van der Waals surface area contributed by atoms with Crippen molar-refractivity contribution in [2.24, 2.45) is 0 Å². The summed E-state index contributed by atoms with van der Waals surface area (Å²) in [6.45, 7) is 5.41. The van der Waals surface area contributed by atoms with Crippen LogP contribution in [0.1, 0.15) is 21.7 Å². The van der Waals surface area contributed by atoms with E-state index in [2.05, 4.69) is 27.5 Å². The molecule has 1 amide bonds. The minimum absolute atomic E-state index is 0.0604. The zero-order valence-corrected chi connectivity index (χ0v) is 19.1. The fourth-order valence-corrected chi connectivity index (χ4v) is 4.90. The zero-order chi connectivity index (χ0) is 22.8. The van der Waals surface area contributed by atoms with Crippen LogP contribution in [0.25, 0.3) is 16.3 Å². The van der Waals surface area contributed by atoms with Crippen molar-refractivity contribution < 1.29 is 9.18 Å². The maximum absolute atomic E-state index is 14.2. The zero-order valence-electron chi connectivity index (χ0n) is 18.3. The van der Waals surface area contributed by atoms with Crippen LogP contribution in [-0.2, 0) is 6.54 Å². The summed E-state index contributed by atoms with van der Waals surface area (Å²) in [5.41, 5.74) is 3.69. The Morgan fingerprint density at radius 1 is 1.03 bits per heavy atom. The lowest BCUT2D eigenvalue weighted by atomic mass is 10.2. The maximum atomic E-state index is 14.2. The number of para-hydroxylation sites is 1. The smallest absolute Gasteiger partial charge is 0.257 e. The first-order valence-electron chi connectivity index (χ1n) is 10.9. The predicted octanol–water partition coefficient (Wildman–Crippen LogP) is 4.40. The molecular weight excluding hydrogens is 437 g/mol. The Morgan fingerprint density at radius 2 is 1.76 bits per heavy atom. The van der Waals surface area contributed by atoms with Gasteiger partial charge in [-0.25, -0.2) is 14.1 Å². The molecule has 4 aromatic rings. The molecule has 3 heterocycles. The van der Waals surface area contributed by atoms with E-state index in [0.29, 0.717) is 30.0 Å². The normalized spacial score (nSPS) is 14.5. The number of amides is 1. The van der Waals surface area contributed by atoms with Crippen LogP contribution in [0.15, 0.2) is 66.2 Å². The van der Waals surface area contributed by atoms with Gasteiger partial charge in [0.25, 0.3) is 5.91 Å². The summed E-state index contributed by atoms with van der Waals surface area (Å²) in [7, 11) is 0. The minimum Gasteiger partial charge on any atom is -0.336 e. The summed E-state index contributed by atoms with van der Waals surface area (Å²) in [6, 6.07) is 16.6. The van der Waals surface area contributed by atoms with Crippen molar-refractivity contribution in [1.82, 2.24) is 24.6 Å². The largest absolute Gasteiger partial charge is 0.336 e. The van der Waals surface area contributed by atoms with Crippen molar-refractivity contribution in [2.75, 3.05) is 26.2 Å². The molecule has 1 aliphatic rings. The Morgan fingerprint density at radius 3 is 2.52 bits per heavy atom. The number of hydrogen-bond donors (Lipinski definition) is 0. The van der Waals surface area contributed by atoms with E-state index in [1.165, 1.54) is 16.9 Å². The number of thiazole rings is 1. The Hall–Kier alpha value is -3.36. The van der Waals surface area contributed by atoms with Gasteiger partial charge in [-0.1, -0.05) is 42.5 Å². The maximum Gasteiger partial charge on any atom is 0.257 e. The highest BCUT2D eigenvalue weighted by Crippen LogP contribution is 2.24. The van der Waals surface area contributed by atoms with Crippen LogP contribution >= 0.6 is 11.3 Å². The second-order valence-corrected chi connectivity index (χ2v) is 8.94. The molecule has 0 aliphatic carbocycles. The van der Waals surface area contributed by atoms with E-state index < -0.39 is 0 Å². The van der Waals surface area contributed by atoms with E-state index in [-0.39, 0.29) is 11.7 Å². The first-order valence-corrected chi connectivity index (χ1v) is 11.8. The molecule has 0 atom stereocenters. The lowest BCUT2D eigenvalue weighted by Crippen LogP contribution is -2.48. The number of halogens is 1. The summed E-state index contributed by atoms with van der Waals surface area (Å²) >= 11 is 1.66. The van der Waals surface area contributed by atoms with Gasteiger partial charge < -0.3 is 4.90 Å². The van der Waals surface area contributed by atoms with Crippen molar-refractivity contribution in [3.63, 3.8) is 0 Å². The summed E-state index contributed by atoms with van der Waals surface area (Å²) in [4.78, 5) is 22.1. The number of aromatic nitrogens is 3. The summed E-state index contributed by atoms with van der Waals surface area (Å²) < 4.78 is 15.7. The molecule has 6 nitrogen and oxygen atoms in total. The van der Waals surface area contributed by atoms with Crippen LogP contribution in [0.3, 0.4) is 0 Å². The van der Waals surface area contributed by atoms with Gasteiger partial charge in [0, 0.05) is 43.7 Å². The first kappa shape index (κ1) is 21.5. The second-order valence-electron chi connectivity index (χ2n) is 8.09. The third-order valence-corrected chi connectivity index (χ3v) is 6.88. The second kappa shape index (κ2) is 9.25. The molecule has 1 fully saturated rings. The van der Waals surface area contributed by atoms with E-state index >= 15 is 0 Å². The number of carbonyl (C=O) groups excluding carboxylic acids is 1. The summed E-state index contributed by atoms with van der Waals surface area (Å²) in [5, 5.41) is 7.41. The number of hydrogen-bond acceptors (Lipinski definition) is 5. The predicted molar refractivity (Wildman–Crippen MR) is 127 cm³/mol. The number of benzene rings is 2. The van der Waals surface area contributed by atoms with Crippen LogP contribution in [0, 0.1) is 12.7 Å². The van der Waals surface area contributed by atoms with Gasteiger partial charge in [-0.05, 0) is 19.1 Å². The number of nitrogens with zero attached hydrogens (tertiary/aromatic N) is 5. The van der Waals surface area contributed by atoms with Gasteiger partial charge in [0.2, 0.25) is 0 Å². The van der Waals surface area contributed by atoms with Gasteiger partial charge in [-0.15, -0.1) is 11.3 Å². The molecule has 0 saturated carbocycles. The molecule has 0 unspecified atom stereocenters. The average Bonchev–Trinajstić information content (AvgIpc) is 3.47. The van der Waals surface area contributed by atoms with Crippen LogP contribution in [-0.4, -0.2) is 56.7 Å². The first-order chi connectivity index (χ1) is 16.1. The lowest BCUT2D eigenvalue weighted by molar-refractivity contribution is 0.0626. The Balaban J connectivity index is 1.21. The van der Waals surface area contributed by atoms with Crippen LogP contribution in [0.4, 0.5) is 4.39 Å². The highest BCUT2D eigenvalue weighted by Gasteiger charge is 2.26. The minimum atomic E-state index is -0.367. The molecule has 0 bridgehead atoms. The molecule has 5 rings (SSSR count). The van der Waals surface area contributed by atoms with E-state index in [4.69, 9.17) is 4.98 Å². The Labute approximate surface area is 195 Å². The van der Waals surface area contributed by atoms with E-state index in [1.54, 1.807) is 36.5 Å². The molecule has 33 heavy (non-hydrogen) atoms. The molecule has 0 N–H and O–H groups in total. The van der Waals surface area contributed by atoms with Crippen LogP contribution in [0.2, 0.25) is 0 Å². The molecule has 8 heteroatoms. The van der Waals surface area contributed by atoms with Crippen LogP contribution < -0.4 is 0 Å². The fourth-order valence-electron chi connectivity index (χ4n) is 4.09. The van der Waals surface area contributed by atoms with Gasteiger partial charge >= 0.3 is 0 Å². The summed E-state index contributed by atoms with van der Waals surface area (Å²) in [6.07, 6.45) is 1.54. The Kier molecular flexibility index (Phi) is 6.02. The SMILES string of the molecule is Cc1c(C(=O)N2CCN(Cc3csc(-c4ccccc4)n3)CC2)cnn1-c1ccccc1F. The van der Waals surface area contributed by atoms with Gasteiger partial charge in [0.05, 0.1) is 23.1 Å². The molecule has 0 radical (unpaired) electrons. The van der Waals surface area contributed by atoms with Gasteiger partial charge in [0.1, 0.15) is 16.5 Å². The third kappa shape index (κ3) is 4.44. The molecule has 1 aliphatic heterocycles. The molecular formula is C25H24FN5OS. The summed E-state index contributed by atoms with van der Waals surface area (Å²) in [5.74, 6) is -0.427. The third-order valence-electron chi connectivity index (χ3n) is 5.94. The molecule has 0 spiro atoms. The van der Waals surface area contributed by atoms with E-state index in [0.717, 1.165) is 35.9 Å². The number of rotatable bonds is 5. The van der Waals surface area contributed by atoms with Gasteiger partial charge in [0.15, 0.2) is 0 Å². The monoisotopic (exact) mass is 461 g/mol. The van der Waals surface area contributed by atoms with E-state index in [9.17, 15) is 9.18 Å². The topological polar surface area (TPSA) is 54.3 Å². The average molecular weight is 462 g/mol. The molecule has 1 saturated heterocycles. The molecule has 2 aromatic heterocycles. The number of carbonyl (C=O) groups is 1. The quantitative estimate of drug-likeness (QED) is 0.442. The van der Waals surface area contributed by atoms with Crippen molar-refractivity contribution in [2.45, 2.75) is 13.5 Å². The van der Waals surface area contributed by atoms with E-state index in [1.807, 2.05) is 23.1 Å². The molecule has 2 aromatic carbocycles. The standard InChI is InChI=1S/C25H24FN5OS/c1-18-21(15-27-31(18)23-10-6-5-9-22(23)26)25(32)30-13-11-29(12-14-30)16-20-17-33-24(28-20)19-7-3-2-4-8-19/h2-10,15,17H,11-14,16H2,1H3. The molecule has 168 valence electrons. The highest BCUT2D eigenvalue weighted by molar-refractivity contribution is 7.13. The number of piperazine rings is 1.